The van der Waals surface area contributed by atoms with Crippen molar-refractivity contribution in [3.63, 3.8) is 0 Å². The van der Waals surface area contributed by atoms with Gasteiger partial charge in [0.15, 0.2) is 5.82 Å². The van der Waals surface area contributed by atoms with Crippen molar-refractivity contribution < 1.29 is 18.9 Å². The van der Waals surface area contributed by atoms with E-state index >= 15 is 0 Å². The third kappa shape index (κ3) is 4.18. The maximum Gasteiger partial charge on any atom is 0.228 e. The summed E-state index contributed by atoms with van der Waals surface area (Å²) in [5.41, 5.74) is 0. The molecule has 1 saturated carbocycles. The van der Waals surface area contributed by atoms with E-state index in [1.54, 1.807) is 17.9 Å². The zero-order chi connectivity index (χ0) is 17.8. The molecule has 136 valence electrons. The second-order valence-corrected chi connectivity index (χ2v) is 6.83. The van der Waals surface area contributed by atoms with Gasteiger partial charge in [0.25, 0.3) is 0 Å². The van der Waals surface area contributed by atoms with E-state index in [-0.39, 0.29) is 23.7 Å². The maximum absolute atomic E-state index is 12.6. The number of hydrogen-bond donors (Lipinski definition) is 1. The highest BCUT2D eigenvalue weighted by atomic mass is 16.5. The highest BCUT2D eigenvalue weighted by Gasteiger charge is 2.33. The van der Waals surface area contributed by atoms with Crippen LogP contribution < -0.4 is 5.32 Å². The first-order valence-corrected chi connectivity index (χ1v) is 8.79. The fourth-order valence-electron chi connectivity index (χ4n) is 3.56. The van der Waals surface area contributed by atoms with Crippen molar-refractivity contribution in [1.29, 1.82) is 0 Å². The van der Waals surface area contributed by atoms with Crippen LogP contribution in [0.2, 0.25) is 0 Å². The van der Waals surface area contributed by atoms with Gasteiger partial charge in [0, 0.05) is 44.1 Å². The number of carbonyl (C=O) groups is 3. The summed E-state index contributed by atoms with van der Waals surface area (Å²) in [6, 6.07) is 1.69. The lowest BCUT2D eigenvalue weighted by molar-refractivity contribution is -0.140. The van der Waals surface area contributed by atoms with E-state index in [0.717, 1.165) is 19.3 Å². The van der Waals surface area contributed by atoms with E-state index < -0.39 is 0 Å². The summed E-state index contributed by atoms with van der Waals surface area (Å²) in [5.74, 6) is 1.09. The minimum Gasteiger partial charge on any atom is -0.360 e. The summed E-state index contributed by atoms with van der Waals surface area (Å²) in [6.07, 6.45) is 3.69. The summed E-state index contributed by atoms with van der Waals surface area (Å²) < 4.78 is 4.94. The number of amides is 3. The molecule has 8 nitrogen and oxygen atoms in total. The van der Waals surface area contributed by atoms with E-state index in [4.69, 9.17) is 4.52 Å². The summed E-state index contributed by atoms with van der Waals surface area (Å²) in [7, 11) is 0. The van der Waals surface area contributed by atoms with E-state index in [0.29, 0.717) is 50.6 Å². The molecule has 0 aromatic carbocycles. The summed E-state index contributed by atoms with van der Waals surface area (Å²) >= 11 is 0. The summed E-state index contributed by atoms with van der Waals surface area (Å²) in [4.78, 5) is 39.2. The Balaban J connectivity index is 1.45. The second kappa shape index (κ2) is 7.67. The molecule has 0 atom stereocenters. The van der Waals surface area contributed by atoms with E-state index in [2.05, 4.69) is 10.5 Å². The molecule has 1 aliphatic heterocycles. The maximum atomic E-state index is 12.6. The standard InChI is InChI=1S/C17H24N4O4/c1-12-10-15(19-25-12)18-16(23)13-2-4-14(5-3-13)17(24)21-8-6-20(11-22)7-9-21/h10-11,13-14H,2-9H2,1H3,(H,18,19,23). The van der Waals surface area contributed by atoms with Crippen LogP contribution in [0.25, 0.3) is 0 Å². The number of nitrogens with zero attached hydrogens (tertiary/aromatic N) is 3. The number of aryl methyl sites for hydroxylation is 1. The highest BCUT2D eigenvalue weighted by Crippen LogP contribution is 2.31. The third-order valence-corrected chi connectivity index (χ3v) is 5.10. The van der Waals surface area contributed by atoms with Crippen LogP contribution >= 0.6 is 0 Å². The molecule has 2 aliphatic rings. The van der Waals surface area contributed by atoms with Crippen molar-refractivity contribution in [3.8, 4) is 0 Å². The number of rotatable bonds is 4. The Hall–Kier alpha value is -2.38. The largest absolute Gasteiger partial charge is 0.360 e. The van der Waals surface area contributed by atoms with E-state index in [1.807, 2.05) is 4.90 Å². The fourth-order valence-corrected chi connectivity index (χ4v) is 3.56. The number of nitrogens with one attached hydrogen (secondary N) is 1. The fraction of sp³-hybridized carbons (Fsp3) is 0.647. The van der Waals surface area contributed by atoms with Gasteiger partial charge in [-0.1, -0.05) is 5.16 Å². The molecule has 0 bridgehead atoms. The Morgan fingerprint density at radius 1 is 1.16 bits per heavy atom. The lowest BCUT2D eigenvalue weighted by Gasteiger charge is -2.36. The molecular formula is C17H24N4O4. The lowest BCUT2D eigenvalue weighted by atomic mass is 9.81. The van der Waals surface area contributed by atoms with Gasteiger partial charge in [0.2, 0.25) is 18.2 Å². The first-order valence-electron chi connectivity index (χ1n) is 8.79. The molecule has 0 spiro atoms. The Labute approximate surface area is 146 Å². The predicted octanol–water partition coefficient (Wildman–Crippen LogP) is 1.03. The average Bonchev–Trinajstić information content (AvgIpc) is 3.06. The Morgan fingerprint density at radius 3 is 2.36 bits per heavy atom. The summed E-state index contributed by atoms with van der Waals surface area (Å²) in [5, 5.41) is 6.55. The number of carbonyl (C=O) groups excluding carboxylic acids is 3. The molecule has 1 aromatic heterocycles. The van der Waals surface area contributed by atoms with Crippen molar-refractivity contribution >= 4 is 24.0 Å². The van der Waals surface area contributed by atoms with Crippen LogP contribution in [0.4, 0.5) is 5.82 Å². The van der Waals surface area contributed by atoms with Gasteiger partial charge in [-0.05, 0) is 32.6 Å². The van der Waals surface area contributed by atoms with Crippen LogP contribution in [-0.4, -0.2) is 59.4 Å². The van der Waals surface area contributed by atoms with Crippen molar-refractivity contribution in [2.24, 2.45) is 11.8 Å². The number of aromatic nitrogens is 1. The first kappa shape index (κ1) is 17.4. The normalized spacial score (nSPS) is 24.0. The monoisotopic (exact) mass is 348 g/mol. The van der Waals surface area contributed by atoms with Gasteiger partial charge >= 0.3 is 0 Å². The molecule has 3 amide bonds. The van der Waals surface area contributed by atoms with Crippen LogP contribution in [-0.2, 0) is 14.4 Å². The molecule has 1 N–H and O–H groups in total. The van der Waals surface area contributed by atoms with Crippen LogP contribution in [0.5, 0.6) is 0 Å². The number of anilines is 1. The third-order valence-electron chi connectivity index (χ3n) is 5.10. The lowest BCUT2D eigenvalue weighted by Crippen LogP contribution is -2.50. The van der Waals surface area contributed by atoms with Crippen molar-refractivity contribution in [1.82, 2.24) is 15.0 Å². The van der Waals surface area contributed by atoms with Gasteiger partial charge in [-0.2, -0.15) is 0 Å². The SMILES string of the molecule is Cc1cc(NC(=O)C2CCC(C(=O)N3CCN(C=O)CC3)CC2)no1. The molecule has 0 unspecified atom stereocenters. The smallest absolute Gasteiger partial charge is 0.228 e. The zero-order valence-electron chi connectivity index (χ0n) is 14.4. The molecular weight excluding hydrogens is 324 g/mol. The van der Waals surface area contributed by atoms with Crippen molar-refractivity contribution in [2.45, 2.75) is 32.6 Å². The van der Waals surface area contributed by atoms with Gasteiger partial charge in [0.05, 0.1) is 0 Å². The minimum atomic E-state index is -0.0898. The molecule has 3 rings (SSSR count). The Bertz CT molecular complexity index is 628. The first-order chi connectivity index (χ1) is 12.1. The number of piperazine rings is 1. The molecule has 2 heterocycles. The van der Waals surface area contributed by atoms with Crippen LogP contribution in [0.3, 0.4) is 0 Å². The Kier molecular flexibility index (Phi) is 5.35. The van der Waals surface area contributed by atoms with Crippen LogP contribution in [0.15, 0.2) is 10.6 Å². The van der Waals surface area contributed by atoms with E-state index in [1.165, 1.54) is 0 Å². The topological polar surface area (TPSA) is 95.8 Å². The van der Waals surface area contributed by atoms with E-state index in [9.17, 15) is 14.4 Å². The molecule has 1 aromatic rings. The Morgan fingerprint density at radius 2 is 1.80 bits per heavy atom. The molecule has 2 fully saturated rings. The molecule has 1 saturated heterocycles. The average molecular weight is 348 g/mol. The van der Waals surface area contributed by atoms with Crippen LogP contribution in [0, 0.1) is 18.8 Å². The number of hydrogen-bond acceptors (Lipinski definition) is 5. The predicted molar refractivity (Wildman–Crippen MR) is 89.5 cm³/mol. The molecule has 25 heavy (non-hydrogen) atoms. The van der Waals surface area contributed by atoms with Gasteiger partial charge in [-0.15, -0.1) is 0 Å². The molecule has 8 heteroatoms. The zero-order valence-corrected chi connectivity index (χ0v) is 14.4. The van der Waals surface area contributed by atoms with Gasteiger partial charge in [0.1, 0.15) is 5.76 Å². The minimum absolute atomic E-state index is 0.0128. The summed E-state index contributed by atoms with van der Waals surface area (Å²) in [6.45, 7) is 4.18. The molecule has 1 aliphatic carbocycles. The van der Waals surface area contributed by atoms with Crippen molar-refractivity contribution in [2.75, 3.05) is 31.5 Å². The molecule has 0 radical (unpaired) electrons. The quantitative estimate of drug-likeness (QED) is 0.820. The van der Waals surface area contributed by atoms with Crippen LogP contribution in [0.1, 0.15) is 31.4 Å². The van der Waals surface area contributed by atoms with Gasteiger partial charge < -0.3 is 19.6 Å². The van der Waals surface area contributed by atoms with Gasteiger partial charge in [-0.3, -0.25) is 14.4 Å². The highest BCUT2D eigenvalue weighted by molar-refractivity contribution is 5.91. The van der Waals surface area contributed by atoms with Gasteiger partial charge in [-0.25, -0.2) is 0 Å². The second-order valence-electron chi connectivity index (χ2n) is 6.83. The van der Waals surface area contributed by atoms with Crippen molar-refractivity contribution in [3.05, 3.63) is 11.8 Å².